The number of sulfonamides is 1. The predicted molar refractivity (Wildman–Crippen MR) is 117 cm³/mol. The Balaban J connectivity index is 1.51. The van der Waals surface area contributed by atoms with Gasteiger partial charge in [0.05, 0.1) is 5.69 Å². The van der Waals surface area contributed by atoms with Crippen LogP contribution in [0.2, 0.25) is 0 Å². The van der Waals surface area contributed by atoms with Crippen molar-refractivity contribution in [3.8, 4) is 22.6 Å². The lowest BCUT2D eigenvalue weighted by molar-refractivity contribution is 0.555. The number of pyridine rings is 1. The van der Waals surface area contributed by atoms with E-state index in [4.69, 9.17) is 0 Å². The zero-order valence-corrected chi connectivity index (χ0v) is 17.5. The molecule has 164 valence electrons. The molecule has 0 spiro atoms. The minimum absolute atomic E-state index is 0.163. The molecule has 5 aromatic rings. The summed E-state index contributed by atoms with van der Waals surface area (Å²) in [4.78, 5) is 3.21. The van der Waals surface area contributed by atoms with Crippen LogP contribution in [0.1, 0.15) is 0 Å². The van der Waals surface area contributed by atoms with Crippen LogP contribution >= 0.6 is 0 Å². The summed E-state index contributed by atoms with van der Waals surface area (Å²) in [7, 11) is -4.35. The highest BCUT2D eigenvalue weighted by Gasteiger charge is 2.20. The van der Waals surface area contributed by atoms with E-state index in [2.05, 4.69) is 25.0 Å². The fourth-order valence-corrected chi connectivity index (χ4v) is 4.40. The molecule has 3 heterocycles. The van der Waals surface area contributed by atoms with Gasteiger partial charge in [-0.05, 0) is 54.6 Å². The molecule has 8 nitrogen and oxygen atoms in total. The molecule has 0 aliphatic heterocycles. The van der Waals surface area contributed by atoms with E-state index in [-0.39, 0.29) is 5.69 Å². The van der Waals surface area contributed by atoms with E-state index in [0.717, 1.165) is 17.7 Å². The molecule has 11 heteroatoms. The second-order valence-electron chi connectivity index (χ2n) is 7.01. The van der Waals surface area contributed by atoms with Gasteiger partial charge in [-0.3, -0.25) is 9.71 Å². The standard InChI is InChI=1S/C22H14F2N6O2S/c23-16-4-5-18(24)20(13-16)33(31,32)29-17-3-1-2-15(12-17)19-6-7-21-26-27-22(30(21)28-19)14-8-10-25-11-9-14/h1-13,29H. The molecule has 0 fully saturated rings. The Morgan fingerprint density at radius 3 is 2.48 bits per heavy atom. The first kappa shape index (κ1) is 20.6. The predicted octanol–water partition coefficient (Wildman–Crippen LogP) is 3.93. The summed E-state index contributed by atoms with van der Waals surface area (Å²) in [6.45, 7) is 0. The topological polar surface area (TPSA) is 102 Å². The molecule has 5 rings (SSSR count). The van der Waals surface area contributed by atoms with Gasteiger partial charge in [0, 0.05) is 29.2 Å². The normalized spacial score (nSPS) is 11.6. The molecule has 0 atom stereocenters. The van der Waals surface area contributed by atoms with Crippen molar-refractivity contribution in [3.05, 3.63) is 90.8 Å². The van der Waals surface area contributed by atoms with E-state index in [9.17, 15) is 17.2 Å². The SMILES string of the molecule is O=S(=O)(Nc1cccc(-c2ccc3nnc(-c4ccncc4)n3n2)c1)c1cc(F)ccc1F. The molecule has 0 aliphatic carbocycles. The fraction of sp³-hybridized carbons (Fsp3) is 0. The van der Waals surface area contributed by atoms with E-state index in [1.165, 1.54) is 6.07 Å². The maximum absolute atomic E-state index is 14.0. The maximum Gasteiger partial charge on any atom is 0.264 e. The van der Waals surface area contributed by atoms with Gasteiger partial charge in [0.25, 0.3) is 10.0 Å². The lowest BCUT2D eigenvalue weighted by Crippen LogP contribution is -2.15. The van der Waals surface area contributed by atoms with Gasteiger partial charge in [-0.1, -0.05) is 12.1 Å². The zero-order valence-electron chi connectivity index (χ0n) is 16.7. The summed E-state index contributed by atoms with van der Waals surface area (Å²) >= 11 is 0. The molecular weight excluding hydrogens is 450 g/mol. The van der Waals surface area contributed by atoms with Crippen LogP contribution in [0.3, 0.4) is 0 Å². The quantitative estimate of drug-likeness (QED) is 0.423. The highest BCUT2D eigenvalue weighted by Crippen LogP contribution is 2.25. The molecule has 2 aromatic carbocycles. The Morgan fingerprint density at radius 1 is 0.848 bits per heavy atom. The van der Waals surface area contributed by atoms with Gasteiger partial charge in [0.2, 0.25) is 0 Å². The van der Waals surface area contributed by atoms with Crippen molar-refractivity contribution >= 4 is 21.4 Å². The summed E-state index contributed by atoms with van der Waals surface area (Å²) in [5, 5.41) is 12.9. The number of hydrogen-bond donors (Lipinski definition) is 1. The molecule has 0 aliphatic rings. The number of rotatable bonds is 5. The Morgan fingerprint density at radius 2 is 1.67 bits per heavy atom. The third-order valence-corrected chi connectivity index (χ3v) is 6.19. The lowest BCUT2D eigenvalue weighted by atomic mass is 10.1. The van der Waals surface area contributed by atoms with E-state index in [1.807, 2.05) is 0 Å². The van der Waals surface area contributed by atoms with Gasteiger partial charge in [0.15, 0.2) is 11.5 Å². The Bertz CT molecular complexity index is 1590. The van der Waals surface area contributed by atoms with Crippen molar-refractivity contribution in [2.24, 2.45) is 0 Å². The molecule has 3 aromatic heterocycles. The maximum atomic E-state index is 14.0. The fourth-order valence-electron chi connectivity index (χ4n) is 3.26. The van der Waals surface area contributed by atoms with E-state index < -0.39 is 26.6 Å². The third kappa shape index (κ3) is 4.01. The number of hydrogen-bond acceptors (Lipinski definition) is 6. The number of halogens is 2. The minimum Gasteiger partial charge on any atom is -0.280 e. The third-order valence-electron chi connectivity index (χ3n) is 4.79. The van der Waals surface area contributed by atoms with E-state index in [0.29, 0.717) is 28.8 Å². The van der Waals surface area contributed by atoms with Crippen LogP contribution in [0.15, 0.2) is 84.0 Å². The van der Waals surface area contributed by atoms with Crippen molar-refractivity contribution in [2.75, 3.05) is 4.72 Å². The van der Waals surface area contributed by atoms with Gasteiger partial charge in [-0.15, -0.1) is 10.2 Å². The smallest absolute Gasteiger partial charge is 0.264 e. The van der Waals surface area contributed by atoms with Crippen molar-refractivity contribution in [1.82, 2.24) is 24.8 Å². The number of aromatic nitrogens is 5. The number of nitrogens with one attached hydrogen (secondary N) is 1. The van der Waals surface area contributed by atoms with E-state index >= 15 is 0 Å². The Kier molecular flexibility index (Phi) is 5.02. The summed E-state index contributed by atoms with van der Waals surface area (Å²) in [6, 6.07) is 15.7. The van der Waals surface area contributed by atoms with Gasteiger partial charge in [-0.25, -0.2) is 17.2 Å². The number of anilines is 1. The van der Waals surface area contributed by atoms with Gasteiger partial charge in [0.1, 0.15) is 16.5 Å². The summed E-state index contributed by atoms with van der Waals surface area (Å²) in [6.07, 6.45) is 3.27. The Labute approximate surface area is 186 Å². The lowest BCUT2D eigenvalue weighted by Gasteiger charge is -2.10. The summed E-state index contributed by atoms with van der Waals surface area (Å²) in [5.74, 6) is -1.39. The van der Waals surface area contributed by atoms with Crippen LogP contribution in [-0.2, 0) is 10.0 Å². The molecule has 0 unspecified atom stereocenters. The molecule has 0 saturated carbocycles. The molecule has 0 radical (unpaired) electrons. The monoisotopic (exact) mass is 464 g/mol. The van der Waals surface area contributed by atoms with Crippen LogP contribution in [-0.4, -0.2) is 33.2 Å². The molecular formula is C22H14F2N6O2S. The van der Waals surface area contributed by atoms with Crippen molar-refractivity contribution in [3.63, 3.8) is 0 Å². The Hall–Kier alpha value is -4.25. The van der Waals surface area contributed by atoms with Crippen LogP contribution in [0.5, 0.6) is 0 Å². The van der Waals surface area contributed by atoms with Crippen molar-refractivity contribution in [2.45, 2.75) is 4.90 Å². The average molecular weight is 464 g/mol. The molecule has 0 bridgehead atoms. The molecule has 33 heavy (non-hydrogen) atoms. The summed E-state index contributed by atoms with van der Waals surface area (Å²) < 4.78 is 56.5. The van der Waals surface area contributed by atoms with Gasteiger partial charge in [-0.2, -0.15) is 9.61 Å². The van der Waals surface area contributed by atoms with Crippen LogP contribution in [0.4, 0.5) is 14.5 Å². The van der Waals surface area contributed by atoms with Gasteiger partial charge < -0.3 is 0 Å². The minimum atomic E-state index is -4.35. The largest absolute Gasteiger partial charge is 0.280 e. The van der Waals surface area contributed by atoms with Gasteiger partial charge >= 0.3 is 0 Å². The first-order chi connectivity index (χ1) is 15.9. The first-order valence-corrected chi connectivity index (χ1v) is 11.1. The van der Waals surface area contributed by atoms with Crippen LogP contribution in [0, 0.1) is 11.6 Å². The number of benzene rings is 2. The van der Waals surface area contributed by atoms with Crippen LogP contribution in [0.25, 0.3) is 28.3 Å². The second kappa shape index (κ2) is 8.02. The van der Waals surface area contributed by atoms with Crippen molar-refractivity contribution in [1.29, 1.82) is 0 Å². The summed E-state index contributed by atoms with van der Waals surface area (Å²) in [5.41, 5.74) is 2.59. The highest BCUT2D eigenvalue weighted by molar-refractivity contribution is 7.92. The number of nitrogens with zero attached hydrogens (tertiary/aromatic N) is 5. The first-order valence-electron chi connectivity index (χ1n) is 9.62. The second-order valence-corrected chi connectivity index (χ2v) is 8.66. The zero-order chi connectivity index (χ0) is 23.0. The molecule has 0 saturated heterocycles. The highest BCUT2D eigenvalue weighted by atomic mass is 32.2. The molecule has 1 N–H and O–H groups in total. The molecule has 0 amide bonds. The van der Waals surface area contributed by atoms with E-state index in [1.54, 1.807) is 59.4 Å². The van der Waals surface area contributed by atoms with Crippen LogP contribution < -0.4 is 4.72 Å². The average Bonchev–Trinajstić information content (AvgIpc) is 3.24. The van der Waals surface area contributed by atoms with Crippen molar-refractivity contribution < 1.29 is 17.2 Å². The number of fused-ring (bicyclic) bond motifs is 1.